The van der Waals surface area contributed by atoms with E-state index in [1.165, 1.54) is 24.0 Å². The Balaban J connectivity index is 1.84. The molecule has 1 aromatic heterocycles. The summed E-state index contributed by atoms with van der Waals surface area (Å²) in [5, 5.41) is 3.80. The van der Waals surface area contributed by atoms with Gasteiger partial charge in [0.1, 0.15) is 0 Å². The lowest BCUT2D eigenvalue weighted by Gasteiger charge is -2.20. The van der Waals surface area contributed by atoms with E-state index in [2.05, 4.69) is 59.7 Å². The highest BCUT2D eigenvalue weighted by Gasteiger charge is 2.37. The lowest BCUT2D eigenvalue weighted by molar-refractivity contribution is 0.562. The third kappa shape index (κ3) is 2.85. The Morgan fingerprint density at radius 1 is 1.11 bits per heavy atom. The lowest BCUT2D eigenvalue weighted by atomic mass is 9.99. The Morgan fingerprint density at radius 2 is 1.79 bits per heavy atom. The molecule has 1 aliphatic carbocycles. The molecule has 1 heterocycles. The van der Waals surface area contributed by atoms with Gasteiger partial charge in [0.2, 0.25) is 0 Å². The largest absolute Gasteiger partial charge is 0.303 e. The van der Waals surface area contributed by atoms with Crippen LogP contribution in [-0.2, 0) is 0 Å². The number of benzene rings is 1. The molecule has 2 heteroatoms. The van der Waals surface area contributed by atoms with Crippen molar-refractivity contribution < 1.29 is 0 Å². The van der Waals surface area contributed by atoms with E-state index in [0.29, 0.717) is 6.04 Å². The van der Waals surface area contributed by atoms with Crippen LogP contribution in [0.15, 0.2) is 54.9 Å². The summed E-state index contributed by atoms with van der Waals surface area (Å²) in [5.74, 6) is 0.855. The van der Waals surface area contributed by atoms with Crippen LogP contribution in [0.4, 0.5) is 0 Å². The SMILES string of the molecule is CCC1CC1NC(c1ccccc1)c1ccncc1. The van der Waals surface area contributed by atoms with E-state index in [9.17, 15) is 0 Å². The van der Waals surface area contributed by atoms with Gasteiger partial charge < -0.3 is 5.32 Å². The molecule has 2 aromatic rings. The number of nitrogens with one attached hydrogen (secondary N) is 1. The van der Waals surface area contributed by atoms with Crippen LogP contribution in [0.25, 0.3) is 0 Å². The fourth-order valence-corrected chi connectivity index (χ4v) is 2.70. The Morgan fingerprint density at radius 3 is 2.42 bits per heavy atom. The van der Waals surface area contributed by atoms with Crippen molar-refractivity contribution in [2.24, 2.45) is 5.92 Å². The molecular formula is C17H20N2. The fourth-order valence-electron chi connectivity index (χ4n) is 2.70. The van der Waals surface area contributed by atoms with Gasteiger partial charge in [0.05, 0.1) is 6.04 Å². The van der Waals surface area contributed by atoms with Crippen LogP contribution in [0, 0.1) is 5.92 Å². The van der Waals surface area contributed by atoms with Crippen molar-refractivity contribution in [2.45, 2.75) is 31.8 Å². The first-order valence-electron chi connectivity index (χ1n) is 7.09. The molecule has 1 aromatic carbocycles. The molecule has 2 nitrogen and oxygen atoms in total. The van der Waals surface area contributed by atoms with Gasteiger partial charge in [0, 0.05) is 18.4 Å². The number of rotatable bonds is 5. The Bertz CT molecular complexity index is 470. The van der Waals surface area contributed by atoms with E-state index in [1.807, 2.05) is 12.4 Å². The van der Waals surface area contributed by atoms with Crippen LogP contribution in [0.1, 0.15) is 36.9 Å². The first-order chi connectivity index (χ1) is 9.38. The van der Waals surface area contributed by atoms with Gasteiger partial charge in [-0.25, -0.2) is 0 Å². The van der Waals surface area contributed by atoms with Crippen LogP contribution in [0.3, 0.4) is 0 Å². The zero-order valence-corrected chi connectivity index (χ0v) is 11.3. The molecule has 0 bridgehead atoms. The van der Waals surface area contributed by atoms with Crippen LogP contribution in [0.2, 0.25) is 0 Å². The molecule has 3 unspecified atom stereocenters. The summed E-state index contributed by atoms with van der Waals surface area (Å²) in [7, 11) is 0. The molecule has 1 aliphatic rings. The minimum Gasteiger partial charge on any atom is -0.303 e. The van der Waals surface area contributed by atoms with Crippen LogP contribution >= 0.6 is 0 Å². The third-order valence-corrected chi connectivity index (χ3v) is 4.00. The van der Waals surface area contributed by atoms with Crippen molar-refractivity contribution in [2.75, 3.05) is 0 Å². The van der Waals surface area contributed by atoms with Crippen molar-refractivity contribution in [1.29, 1.82) is 0 Å². The molecule has 0 spiro atoms. The molecule has 3 atom stereocenters. The van der Waals surface area contributed by atoms with Gasteiger partial charge >= 0.3 is 0 Å². The van der Waals surface area contributed by atoms with Crippen molar-refractivity contribution >= 4 is 0 Å². The van der Waals surface area contributed by atoms with Gasteiger partial charge in [-0.2, -0.15) is 0 Å². The minimum absolute atomic E-state index is 0.283. The van der Waals surface area contributed by atoms with E-state index in [-0.39, 0.29) is 6.04 Å². The molecule has 1 fully saturated rings. The monoisotopic (exact) mass is 252 g/mol. The molecule has 1 saturated carbocycles. The first-order valence-corrected chi connectivity index (χ1v) is 7.09. The highest BCUT2D eigenvalue weighted by atomic mass is 15.0. The standard InChI is InChI=1S/C17H20N2/c1-2-13-12-16(13)19-17(14-6-4-3-5-7-14)15-8-10-18-11-9-15/h3-11,13,16-17,19H,2,12H2,1H3. The van der Waals surface area contributed by atoms with Gasteiger partial charge in [0.15, 0.2) is 0 Å². The van der Waals surface area contributed by atoms with Crippen LogP contribution in [0.5, 0.6) is 0 Å². The molecule has 0 amide bonds. The van der Waals surface area contributed by atoms with Crippen molar-refractivity contribution in [3.63, 3.8) is 0 Å². The molecule has 0 radical (unpaired) electrons. The summed E-state index contributed by atoms with van der Waals surface area (Å²) < 4.78 is 0. The van der Waals surface area contributed by atoms with Gasteiger partial charge in [-0.1, -0.05) is 43.7 Å². The summed E-state index contributed by atoms with van der Waals surface area (Å²) in [6, 6.07) is 15.8. The maximum Gasteiger partial charge on any atom is 0.0580 e. The highest BCUT2D eigenvalue weighted by molar-refractivity contribution is 5.31. The van der Waals surface area contributed by atoms with E-state index in [1.54, 1.807) is 0 Å². The van der Waals surface area contributed by atoms with Gasteiger partial charge in [0.25, 0.3) is 0 Å². The number of pyridine rings is 1. The second-order valence-electron chi connectivity index (χ2n) is 5.30. The molecule has 98 valence electrons. The van der Waals surface area contributed by atoms with Gasteiger partial charge in [-0.15, -0.1) is 0 Å². The van der Waals surface area contributed by atoms with Crippen LogP contribution in [-0.4, -0.2) is 11.0 Å². The highest BCUT2D eigenvalue weighted by Crippen LogP contribution is 2.36. The number of nitrogens with zero attached hydrogens (tertiary/aromatic N) is 1. The molecule has 19 heavy (non-hydrogen) atoms. The second-order valence-corrected chi connectivity index (χ2v) is 5.30. The predicted molar refractivity (Wildman–Crippen MR) is 77.8 cm³/mol. The van der Waals surface area contributed by atoms with Gasteiger partial charge in [-0.3, -0.25) is 4.98 Å². The number of aromatic nitrogens is 1. The number of hydrogen-bond donors (Lipinski definition) is 1. The normalized spacial score (nSPS) is 23.0. The Kier molecular flexibility index (Phi) is 3.60. The van der Waals surface area contributed by atoms with E-state index >= 15 is 0 Å². The van der Waals surface area contributed by atoms with E-state index in [4.69, 9.17) is 0 Å². The Hall–Kier alpha value is -1.67. The topological polar surface area (TPSA) is 24.9 Å². The van der Waals surface area contributed by atoms with Crippen molar-refractivity contribution in [3.8, 4) is 0 Å². The maximum absolute atomic E-state index is 4.12. The average Bonchev–Trinajstić information content (AvgIpc) is 3.25. The lowest BCUT2D eigenvalue weighted by Crippen LogP contribution is -2.25. The van der Waals surface area contributed by atoms with Crippen molar-refractivity contribution in [1.82, 2.24) is 10.3 Å². The summed E-state index contributed by atoms with van der Waals surface area (Å²) in [5.41, 5.74) is 2.62. The average molecular weight is 252 g/mol. The molecule has 0 aliphatic heterocycles. The van der Waals surface area contributed by atoms with Crippen LogP contribution < -0.4 is 5.32 Å². The second kappa shape index (κ2) is 5.54. The summed E-state index contributed by atoms with van der Waals surface area (Å²) in [6.07, 6.45) is 6.33. The van der Waals surface area contributed by atoms with Gasteiger partial charge in [-0.05, 0) is 35.6 Å². The molecule has 3 rings (SSSR count). The predicted octanol–water partition coefficient (Wildman–Crippen LogP) is 3.56. The summed E-state index contributed by atoms with van der Waals surface area (Å²) in [4.78, 5) is 4.12. The third-order valence-electron chi connectivity index (χ3n) is 4.00. The number of hydrogen-bond acceptors (Lipinski definition) is 2. The quantitative estimate of drug-likeness (QED) is 0.880. The zero-order chi connectivity index (χ0) is 13.1. The summed E-state index contributed by atoms with van der Waals surface area (Å²) in [6.45, 7) is 2.27. The first kappa shape index (κ1) is 12.4. The molecule has 0 saturated heterocycles. The zero-order valence-electron chi connectivity index (χ0n) is 11.3. The van der Waals surface area contributed by atoms with E-state index < -0.39 is 0 Å². The van der Waals surface area contributed by atoms with Crippen molar-refractivity contribution in [3.05, 3.63) is 66.0 Å². The maximum atomic E-state index is 4.12. The summed E-state index contributed by atoms with van der Waals surface area (Å²) >= 11 is 0. The fraction of sp³-hybridized carbons (Fsp3) is 0.353. The minimum atomic E-state index is 0.283. The van der Waals surface area contributed by atoms with E-state index in [0.717, 1.165) is 5.92 Å². The Labute approximate surface area is 114 Å². The smallest absolute Gasteiger partial charge is 0.0580 e. The molecule has 1 N–H and O–H groups in total. The molecular weight excluding hydrogens is 232 g/mol.